The third-order valence-corrected chi connectivity index (χ3v) is 2.89. The Hall–Kier alpha value is -1.95. The van der Waals surface area contributed by atoms with E-state index in [2.05, 4.69) is 15.6 Å². The van der Waals surface area contributed by atoms with Crippen LogP contribution in [-0.2, 0) is 4.74 Å². The van der Waals surface area contributed by atoms with E-state index in [0.717, 1.165) is 17.5 Å². The van der Waals surface area contributed by atoms with Gasteiger partial charge in [-0.2, -0.15) is 0 Å². The zero-order chi connectivity index (χ0) is 14.2. The van der Waals surface area contributed by atoms with E-state index in [-0.39, 0.29) is 6.10 Å². The van der Waals surface area contributed by atoms with Gasteiger partial charge in [0.1, 0.15) is 12.7 Å². The minimum absolute atomic E-state index is 0.0362. The summed E-state index contributed by atoms with van der Waals surface area (Å²) in [5.41, 5.74) is 0. The number of rotatable bonds is 5. The normalized spacial score (nSPS) is 17.7. The molecule has 0 bridgehead atoms. The summed E-state index contributed by atoms with van der Waals surface area (Å²) < 4.78 is 16.5. The Morgan fingerprint density at radius 1 is 1.35 bits per heavy atom. The molecule has 0 spiro atoms. The van der Waals surface area contributed by atoms with Gasteiger partial charge in [0.2, 0.25) is 0 Å². The van der Waals surface area contributed by atoms with E-state index < -0.39 is 0 Å². The molecule has 1 aromatic rings. The second-order valence-electron chi connectivity index (χ2n) is 4.37. The maximum Gasteiger partial charge on any atom is 0.191 e. The number of hydrogen-bond acceptors (Lipinski definition) is 4. The topological polar surface area (TPSA) is 64.1 Å². The molecule has 0 aromatic heterocycles. The van der Waals surface area contributed by atoms with Crippen molar-refractivity contribution in [1.29, 1.82) is 0 Å². The Balaban J connectivity index is 1.77. The Kier molecular flexibility index (Phi) is 5.49. The smallest absolute Gasteiger partial charge is 0.191 e. The number of fused-ring (bicyclic) bond motifs is 1. The van der Waals surface area contributed by atoms with Crippen molar-refractivity contribution in [3.05, 3.63) is 24.3 Å². The summed E-state index contributed by atoms with van der Waals surface area (Å²) >= 11 is 0. The van der Waals surface area contributed by atoms with Crippen LogP contribution >= 0.6 is 0 Å². The average Bonchev–Trinajstić information content (AvgIpc) is 2.50. The summed E-state index contributed by atoms with van der Waals surface area (Å²) in [5, 5.41) is 6.35. The van der Waals surface area contributed by atoms with E-state index in [4.69, 9.17) is 14.2 Å². The van der Waals surface area contributed by atoms with Crippen LogP contribution in [0.4, 0.5) is 0 Å². The number of para-hydroxylation sites is 2. The predicted octanol–water partition coefficient (Wildman–Crippen LogP) is 0.638. The van der Waals surface area contributed by atoms with Crippen molar-refractivity contribution >= 4 is 5.96 Å². The molecule has 6 heteroatoms. The molecule has 0 amide bonds. The number of ether oxygens (including phenoxy) is 3. The zero-order valence-electron chi connectivity index (χ0n) is 11.9. The average molecular weight is 279 g/mol. The molecular weight excluding hydrogens is 258 g/mol. The van der Waals surface area contributed by atoms with Gasteiger partial charge in [-0.15, -0.1) is 0 Å². The summed E-state index contributed by atoms with van der Waals surface area (Å²) in [6.45, 7) is 2.50. The van der Waals surface area contributed by atoms with Crippen LogP contribution in [0.25, 0.3) is 0 Å². The van der Waals surface area contributed by atoms with Crippen molar-refractivity contribution in [2.24, 2.45) is 4.99 Å². The third kappa shape index (κ3) is 4.03. The van der Waals surface area contributed by atoms with Gasteiger partial charge < -0.3 is 24.8 Å². The van der Waals surface area contributed by atoms with E-state index in [0.29, 0.717) is 26.3 Å². The first-order valence-electron chi connectivity index (χ1n) is 6.65. The number of aliphatic imine (C=N–C) groups is 1. The zero-order valence-corrected chi connectivity index (χ0v) is 11.9. The fraction of sp³-hybridized carbons (Fsp3) is 0.500. The van der Waals surface area contributed by atoms with Gasteiger partial charge in [0.15, 0.2) is 17.5 Å². The van der Waals surface area contributed by atoms with Crippen LogP contribution in [0, 0.1) is 0 Å². The molecule has 2 N–H and O–H groups in total. The molecule has 20 heavy (non-hydrogen) atoms. The van der Waals surface area contributed by atoms with Crippen molar-refractivity contribution in [2.45, 2.75) is 6.10 Å². The van der Waals surface area contributed by atoms with Crippen LogP contribution < -0.4 is 20.1 Å². The van der Waals surface area contributed by atoms with E-state index in [9.17, 15) is 0 Å². The molecule has 1 unspecified atom stereocenters. The minimum Gasteiger partial charge on any atom is -0.486 e. The summed E-state index contributed by atoms with van der Waals surface area (Å²) in [6.07, 6.45) is -0.0362. The lowest BCUT2D eigenvalue weighted by molar-refractivity contribution is 0.0936. The van der Waals surface area contributed by atoms with E-state index >= 15 is 0 Å². The molecule has 1 heterocycles. The molecule has 0 radical (unpaired) electrons. The second kappa shape index (κ2) is 7.59. The fourth-order valence-electron chi connectivity index (χ4n) is 1.87. The van der Waals surface area contributed by atoms with Crippen molar-refractivity contribution in [2.75, 3.05) is 40.5 Å². The molecular formula is C14H21N3O3. The number of hydrogen-bond donors (Lipinski definition) is 2. The number of nitrogens with one attached hydrogen (secondary N) is 2. The van der Waals surface area contributed by atoms with Crippen molar-refractivity contribution in [3.63, 3.8) is 0 Å². The van der Waals surface area contributed by atoms with Crippen LogP contribution in [0.3, 0.4) is 0 Å². The van der Waals surface area contributed by atoms with Gasteiger partial charge >= 0.3 is 0 Å². The first kappa shape index (κ1) is 14.5. The maximum atomic E-state index is 5.86. The van der Waals surface area contributed by atoms with Gasteiger partial charge in [-0.1, -0.05) is 12.1 Å². The number of guanidine groups is 1. The fourth-order valence-corrected chi connectivity index (χ4v) is 1.87. The summed E-state index contributed by atoms with van der Waals surface area (Å²) in [5.74, 6) is 2.31. The Bertz CT molecular complexity index is 451. The van der Waals surface area contributed by atoms with Crippen molar-refractivity contribution in [3.8, 4) is 11.5 Å². The van der Waals surface area contributed by atoms with Crippen molar-refractivity contribution < 1.29 is 14.2 Å². The molecule has 1 aliphatic heterocycles. The van der Waals surface area contributed by atoms with Gasteiger partial charge in [0, 0.05) is 20.7 Å². The van der Waals surface area contributed by atoms with Crippen LogP contribution in [0.1, 0.15) is 0 Å². The lowest BCUT2D eigenvalue weighted by atomic mass is 10.2. The van der Waals surface area contributed by atoms with Crippen LogP contribution in [-0.4, -0.2) is 52.5 Å². The Morgan fingerprint density at radius 2 is 2.15 bits per heavy atom. The quantitative estimate of drug-likeness (QED) is 0.470. The van der Waals surface area contributed by atoms with Gasteiger partial charge in [0.25, 0.3) is 0 Å². The van der Waals surface area contributed by atoms with Crippen molar-refractivity contribution in [1.82, 2.24) is 10.6 Å². The summed E-state index contributed by atoms with van der Waals surface area (Å²) in [6, 6.07) is 7.68. The molecule has 0 saturated carbocycles. The summed E-state index contributed by atoms with van der Waals surface area (Å²) in [7, 11) is 3.40. The Morgan fingerprint density at radius 3 is 2.90 bits per heavy atom. The summed E-state index contributed by atoms with van der Waals surface area (Å²) in [4.78, 5) is 4.13. The van der Waals surface area contributed by atoms with Gasteiger partial charge in [-0.05, 0) is 12.1 Å². The highest BCUT2D eigenvalue weighted by molar-refractivity contribution is 5.79. The standard InChI is InChI=1S/C14H21N3O3/c1-15-14(16-7-8-18-2)17-9-11-10-19-12-5-3-4-6-13(12)20-11/h3-6,11H,7-10H2,1-2H3,(H2,15,16,17). The van der Waals surface area contributed by atoms with E-state index in [1.54, 1.807) is 14.2 Å². The molecule has 1 aliphatic rings. The van der Waals surface area contributed by atoms with E-state index in [1.165, 1.54) is 0 Å². The molecule has 1 atom stereocenters. The Labute approximate surface area is 119 Å². The largest absolute Gasteiger partial charge is 0.486 e. The number of benzene rings is 1. The van der Waals surface area contributed by atoms with E-state index in [1.807, 2.05) is 24.3 Å². The maximum absolute atomic E-state index is 5.86. The molecule has 0 aliphatic carbocycles. The predicted molar refractivity (Wildman–Crippen MR) is 77.6 cm³/mol. The third-order valence-electron chi connectivity index (χ3n) is 2.89. The highest BCUT2D eigenvalue weighted by Gasteiger charge is 2.20. The molecule has 110 valence electrons. The second-order valence-corrected chi connectivity index (χ2v) is 4.37. The molecule has 0 saturated heterocycles. The number of methoxy groups -OCH3 is 1. The lowest BCUT2D eigenvalue weighted by Crippen LogP contribution is -2.46. The first-order chi connectivity index (χ1) is 9.83. The molecule has 6 nitrogen and oxygen atoms in total. The number of nitrogens with zero attached hydrogens (tertiary/aromatic N) is 1. The SMILES string of the molecule is CN=C(NCCOC)NCC1COc2ccccc2O1. The van der Waals surface area contributed by atoms with Gasteiger partial charge in [-0.25, -0.2) is 0 Å². The highest BCUT2D eigenvalue weighted by atomic mass is 16.6. The van der Waals surface area contributed by atoms with Gasteiger partial charge in [-0.3, -0.25) is 4.99 Å². The van der Waals surface area contributed by atoms with Gasteiger partial charge in [0.05, 0.1) is 13.2 Å². The first-order valence-corrected chi connectivity index (χ1v) is 6.65. The van der Waals surface area contributed by atoms with Crippen LogP contribution in [0.5, 0.6) is 11.5 Å². The monoisotopic (exact) mass is 279 g/mol. The van der Waals surface area contributed by atoms with Crippen LogP contribution in [0.15, 0.2) is 29.3 Å². The lowest BCUT2D eigenvalue weighted by Gasteiger charge is -2.27. The molecule has 2 rings (SSSR count). The minimum atomic E-state index is -0.0362. The molecule has 1 aromatic carbocycles. The van der Waals surface area contributed by atoms with Crippen LogP contribution in [0.2, 0.25) is 0 Å². The molecule has 0 fully saturated rings. The highest BCUT2D eigenvalue weighted by Crippen LogP contribution is 2.30.